The monoisotopic (exact) mass is 428 g/mol. The average Bonchev–Trinajstić information content (AvgIpc) is 3.07. The summed E-state index contributed by atoms with van der Waals surface area (Å²) in [4.78, 5) is 19.2. The number of imidazole rings is 1. The van der Waals surface area contributed by atoms with Crippen LogP contribution in [0.2, 0.25) is 0 Å². The van der Waals surface area contributed by atoms with Crippen LogP contribution in [-0.4, -0.2) is 61.3 Å². The Kier molecular flexibility index (Phi) is 7.45. The highest BCUT2D eigenvalue weighted by atomic mass is 35.5. The number of amides is 1. The molecule has 1 fully saturated rings. The molecule has 8 nitrogen and oxygen atoms in total. The van der Waals surface area contributed by atoms with E-state index in [9.17, 15) is 13.2 Å². The van der Waals surface area contributed by atoms with E-state index < -0.39 is 9.84 Å². The molecular formula is C18H25ClN4O4S. The van der Waals surface area contributed by atoms with E-state index in [4.69, 9.17) is 4.74 Å². The van der Waals surface area contributed by atoms with Gasteiger partial charge < -0.3 is 19.5 Å². The number of aryl methyl sites for hydroxylation is 1. The van der Waals surface area contributed by atoms with Gasteiger partial charge in [0.1, 0.15) is 17.6 Å². The van der Waals surface area contributed by atoms with Crippen molar-refractivity contribution < 1.29 is 17.9 Å². The maximum atomic E-state index is 12.7. The smallest absolute Gasteiger partial charge is 0.226 e. The van der Waals surface area contributed by atoms with Crippen molar-refractivity contribution in [2.45, 2.75) is 17.4 Å². The van der Waals surface area contributed by atoms with Crippen molar-refractivity contribution >= 4 is 28.2 Å². The molecular weight excluding hydrogens is 404 g/mol. The van der Waals surface area contributed by atoms with E-state index in [1.54, 1.807) is 18.3 Å². The predicted octanol–water partition coefficient (Wildman–Crippen LogP) is 1.19. The minimum atomic E-state index is -3.23. The van der Waals surface area contributed by atoms with Gasteiger partial charge in [0.2, 0.25) is 5.91 Å². The fraction of sp³-hybridized carbons (Fsp3) is 0.444. The lowest BCUT2D eigenvalue weighted by molar-refractivity contribution is -0.135. The summed E-state index contributed by atoms with van der Waals surface area (Å²) in [6, 6.07) is 6.10. The van der Waals surface area contributed by atoms with E-state index in [-0.39, 0.29) is 42.3 Å². The Bertz CT molecular complexity index is 899. The Morgan fingerprint density at radius 2 is 2.04 bits per heavy atom. The van der Waals surface area contributed by atoms with Crippen LogP contribution in [0.1, 0.15) is 18.3 Å². The van der Waals surface area contributed by atoms with Gasteiger partial charge in [-0.2, -0.15) is 0 Å². The van der Waals surface area contributed by atoms with Gasteiger partial charge in [-0.1, -0.05) is 0 Å². The van der Waals surface area contributed by atoms with Crippen molar-refractivity contribution in [3.63, 3.8) is 0 Å². The number of hydrogen-bond donors (Lipinski definition) is 1. The summed E-state index contributed by atoms with van der Waals surface area (Å²) in [5.41, 5.74) is 0. The summed E-state index contributed by atoms with van der Waals surface area (Å²) in [7, 11) is -1.31. The third-order valence-electron chi connectivity index (χ3n) is 4.56. The molecule has 0 spiro atoms. The normalized spacial score (nSPS) is 17.1. The van der Waals surface area contributed by atoms with E-state index in [0.717, 1.165) is 18.6 Å². The van der Waals surface area contributed by atoms with Crippen molar-refractivity contribution in [1.29, 1.82) is 0 Å². The van der Waals surface area contributed by atoms with Gasteiger partial charge in [0.15, 0.2) is 9.84 Å². The Labute approximate surface area is 171 Å². The molecule has 1 unspecified atom stereocenters. The first-order chi connectivity index (χ1) is 12.9. The molecule has 3 rings (SSSR count). The average molecular weight is 429 g/mol. The van der Waals surface area contributed by atoms with Gasteiger partial charge in [-0.15, -0.1) is 12.4 Å². The number of ether oxygens (including phenoxy) is 1. The number of carbonyl (C=O) groups excluding carboxylic acids is 1. The van der Waals surface area contributed by atoms with Crippen molar-refractivity contribution in [3.8, 4) is 5.75 Å². The van der Waals surface area contributed by atoms with Crippen LogP contribution in [0.25, 0.3) is 0 Å². The first-order valence-corrected chi connectivity index (χ1v) is 10.7. The number of rotatable bonds is 6. The summed E-state index contributed by atoms with van der Waals surface area (Å²) >= 11 is 0. The standard InChI is InChI=1S/C18H24N4O4S.ClH/c1-21-10-9-20-18(21)16-13-19-8-11-22(16)17(23)7-12-26-14-3-5-15(6-4-14)27(2,24)25;/h3-6,9-10,16,19H,7-8,11-13H2,1-2H3;1H. The maximum absolute atomic E-state index is 12.7. The topological polar surface area (TPSA) is 93.5 Å². The quantitative estimate of drug-likeness (QED) is 0.742. The number of aromatic nitrogens is 2. The molecule has 1 N–H and O–H groups in total. The van der Waals surface area contributed by atoms with Gasteiger partial charge in [0.05, 0.1) is 17.9 Å². The van der Waals surface area contributed by atoms with E-state index in [0.29, 0.717) is 18.8 Å². The SMILES string of the molecule is Cl.Cn1ccnc1C1CNCCN1C(=O)CCOc1ccc(S(C)(=O)=O)cc1. The van der Waals surface area contributed by atoms with Crippen LogP contribution < -0.4 is 10.1 Å². The zero-order valence-electron chi connectivity index (χ0n) is 15.9. The number of piperazine rings is 1. The molecule has 0 radical (unpaired) electrons. The Morgan fingerprint density at radius 1 is 1.32 bits per heavy atom. The Balaban J connectivity index is 0.00000280. The molecule has 1 aliphatic heterocycles. The second kappa shape index (κ2) is 9.40. The highest BCUT2D eigenvalue weighted by Crippen LogP contribution is 2.21. The summed E-state index contributed by atoms with van der Waals surface area (Å²) in [5.74, 6) is 1.40. The molecule has 1 aromatic heterocycles. The highest BCUT2D eigenvalue weighted by Gasteiger charge is 2.30. The first kappa shape index (κ1) is 22.2. The van der Waals surface area contributed by atoms with Crippen molar-refractivity contribution in [3.05, 3.63) is 42.5 Å². The lowest BCUT2D eigenvalue weighted by Gasteiger charge is -2.35. The van der Waals surface area contributed by atoms with Crippen LogP contribution >= 0.6 is 12.4 Å². The number of sulfone groups is 1. The number of carbonyl (C=O) groups is 1. The van der Waals surface area contributed by atoms with E-state index in [1.807, 2.05) is 22.7 Å². The number of hydrogen-bond acceptors (Lipinski definition) is 6. The molecule has 0 aliphatic carbocycles. The largest absolute Gasteiger partial charge is 0.493 e. The summed E-state index contributed by atoms with van der Waals surface area (Å²) in [6.45, 7) is 2.28. The van der Waals surface area contributed by atoms with Crippen LogP contribution in [0.5, 0.6) is 5.75 Å². The van der Waals surface area contributed by atoms with Gasteiger partial charge in [-0.25, -0.2) is 13.4 Å². The third-order valence-corrected chi connectivity index (χ3v) is 5.69. The number of benzene rings is 1. The van der Waals surface area contributed by atoms with Gasteiger partial charge >= 0.3 is 0 Å². The van der Waals surface area contributed by atoms with Crippen LogP contribution in [0.3, 0.4) is 0 Å². The molecule has 28 heavy (non-hydrogen) atoms. The molecule has 1 amide bonds. The summed E-state index contributed by atoms with van der Waals surface area (Å²) in [6.07, 6.45) is 5.01. The van der Waals surface area contributed by atoms with Gasteiger partial charge in [0.25, 0.3) is 0 Å². The van der Waals surface area contributed by atoms with E-state index >= 15 is 0 Å². The summed E-state index contributed by atoms with van der Waals surface area (Å²) < 4.78 is 30.5. The lowest BCUT2D eigenvalue weighted by Crippen LogP contribution is -2.49. The minimum absolute atomic E-state index is 0. The molecule has 2 heterocycles. The van der Waals surface area contributed by atoms with E-state index in [1.165, 1.54) is 12.1 Å². The Morgan fingerprint density at radius 3 is 2.64 bits per heavy atom. The van der Waals surface area contributed by atoms with Gasteiger partial charge in [-0.05, 0) is 24.3 Å². The predicted molar refractivity (Wildman–Crippen MR) is 107 cm³/mol. The maximum Gasteiger partial charge on any atom is 0.226 e. The fourth-order valence-corrected chi connectivity index (χ4v) is 3.75. The molecule has 10 heteroatoms. The van der Waals surface area contributed by atoms with Crippen LogP contribution in [0, 0.1) is 0 Å². The van der Waals surface area contributed by atoms with Gasteiger partial charge in [-0.3, -0.25) is 4.79 Å². The van der Waals surface area contributed by atoms with Crippen molar-refractivity contribution in [2.75, 3.05) is 32.5 Å². The third kappa shape index (κ3) is 5.24. The summed E-state index contributed by atoms with van der Waals surface area (Å²) in [5, 5.41) is 3.31. The molecule has 1 aromatic carbocycles. The Hall–Kier alpha value is -2.10. The first-order valence-electron chi connectivity index (χ1n) is 8.76. The molecule has 0 bridgehead atoms. The fourth-order valence-electron chi connectivity index (χ4n) is 3.11. The molecule has 1 aliphatic rings. The van der Waals surface area contributed by atoms with Crippen molar-refractivity contribution in [1.82, 2.24) is 19.8 Å². The number of halogens is 1. The lowest BCUT2D eigenvalue weighted by atomic mass is 10.1. The second-order valence-corrected chi connectivity index (χ2v) is 8.56. The van der Waals surface area contributed by atoms with Crippen molar-refractivity contribution in [2.24, 2.45) is 7.05 Å². The second-order valence-electron chi connectivity index (χ2n) is 6.55. The molecule has 1 atom stereocenters. The minimum Gasteiger partial charge on any atom is -0.493 e. The van der Waals surface area contributed by atoms with E-state index in [2.05, 4.69) is 10.3 Å². The zero-order chi connectivity index (χ0) is 19.4. The highest BCUT2D eigenvalue weighted by molar-refractivity contribution is 7.90. The van der Waals surface area contributed by atoms with Gasteiger partial charge in [0, 0.05) is 45.3 Å². The molecule has 154 valence electrons. The molecule has 2 aromatic rings. The number of nitrogens with one attached hydrogen (secondary N) is 1. The molecule has 1 saturated heterocycles. The molecule has 0 saturated carbocycles. The number of nitrogens with zero attached hydrogens (tertiary/aromatic N) is 3. The van der Waals surface area contributed by atoms with Crippen LogP contribution in [0.15, 0.2) is 41.6 Å². The zero-order valence-corrected chi connectivity index (χ0v) is 17.5. The van der Waals surface area contributed by atoms with Crippen LogP contribution in [0.4, 0.5) is 0 Å². The van der Waals surface area contributed by atoms with Crippen LogP contribution in [-0.2, 0) is 21.7 Å².